The average Bonchev–Trinajstić information content (AvgIpc) is 2.43. The van der Waals surface area contributed by atoms with E-state index in [0.717, 1.165) is 24.3 Å². The van der Waals surface area contributed by atoms with Gasteiger partial charge in [-0.05, 0) is 30.0 Å². The molecule has 0 aliphatic heterocycles. The second-order valence-corrected chi connectivity index (χ2v) is 5.08. The van der Waals surface area contributed by atoms with Gasteiger partial charge in [-0.15, -0.1) is 0 Å². The molecule has 0 aliphatic carbocycles. The number of urea groups is 1. The van der Waals surface area contributed by atoms with Crippen molar-refractivity contribution >= 4 is 11.7 Å². The maximum atomic E-state index is 11.6. The molecule has 0 saturated heterocycles. The van der Waals surface area contributed by atoms with Crippen molar-refractivity contribution < 1.29 is 9.53 Å². The number of nitrogens with two attached hydrogens (primary N) is 1. The number of carbonyl (C=O) groups is 1. The van der Waals surface area contributed by atoms with Crippen molar-refractivity contribution in [2.24, 2.45) is 11.7 Å². The molecule has 5 heteroatoms. The molecule has 0 aromatic heterocycles. The summed E-state index contributed by atoms with van der Waals surface area (Å²) >= 11 is 0. The molecule has 0 spiro atoms. The van der Waals surface area contributed by atoms with E-state index in [0.29, 0.717) is 25.6 Å². The van der Waals surface area contributed by atoms with Gasteiger partial charge in [0, 0.05) is 25.4 Å². The van der Waals surface area contributed by atoms with Crippen LogP contribution in [0.4, 0.5) is 10.5 Å². The minimum Gasteiger partial charge on any atom is -0.380 e. The van der Waals surface area contributed by atoms with Crippen molar-refractivity contribution in [3.8, 4) is 0 Å². The van der Waals surface area contributed by atoms with Gasteiger partial charge in [-0.3, -0.25) is 0 Å². The van der Waals surface area contributed by atoms with Crippen molar-refractivity contribution in [2.75, 3.05) is 25.1 Å². The summed E-state index contributed by atoms with van der Waals surface area (Å²) < 4.78 is 5.42. The van der Waals surface area contributed by atoms with Crippen molar-refractivity contribution in [2.45, 2.75) is 26.8 Å². The summed E-state index contributed by atoms with van der Waals surface area (Å²) in [5, 5.41) is 5.50. The molecule has 2 amide bonds. The number of benzene rings is 1. The highest BCUT2D eigenvalue weighted by Crippen LogP contribution is 2.08. The Morgan fingerprint density at radius 3 is 2.55 bits per heavy atom. The lowest BCUT2D eigenvalue weighted by Gasteiger charge is -2.09. The van der Waals surface area contributed by atoms with Gasteiger partial charge in [0.15, 0.2) is 0 Å². The van der Waals surface area contributed by atoms with Crippen LogP contribution in [-0.2, 0) is 11.3 Å². The number of hydrogen-bond donors (Lipinski definition) is 3. The van der Waals surface area contributed by atoms with Gasteiger partial charge in [0.05, 0.1) is 6.61 Å². The highest BCUT2D eigenvalue weighted by Gasteiger charge is 2.01. The van der Waals surface area contributed by atoms with Crippen LogP contribution in [0.1, 0.15) is 25.8 Å². The first-order chi connectivity index (χ1) is 9.61. The summed E-state index contributed by atoms with van der Waals surface area (Å²) in [7, 11) is 0. The average molecular weight is 279 g/mol. The number of hydrogen-bond acceptors (Lipinski definition) is 3. The monoisotopic (exact) mass is 279 g/mol. The standard InChI is InChI=1S/C15H25N3O2/c1-12(2)7-9-20-10-8-17-15(19)18-14-5-3-13(11-16)4-6-14/h3-6,12H,7-11,16H2,1-2H3,(H2,17,18,19). The Morgan fingerprint density at radius 1 is 1.25 bits per heavy atom. The fourth-order valence-electron chi connectivity index (χ4n) is 1.56. The molecule has 1 aromatic rings. The predicted octanol–water partition coefficient (Wildman–Crippen LogP) is 2.33. The van der Waals surface area contributed by atoms with Gasteiger partial charge in [0.2, 0.25) is 0 Å². The summed E-state index contributed by atoms with van der Waals surface area (Å²) in [5.74, 6) is 0.641. The molecule has 0 saturated carbocycles. The van der Waals surface area contributed by atoms with Gasteiger partial charge >= 0.3 is 6.03 Å². The Bertz CT molecular complexity index is 391. The maximum Gasteiger partial charge on any atom is 0.319 e. The number of amides is 2. The van der Waals surface area contributed by atoms with Crippen LogP contribution >= 0.6 is 0 Å². The van der Waals surface area contributed by atoms with Crippen LogP contribution in [0.25, 0.3) is 0 Å². The lowest BCUT2D eigenvalue weighted by atomic mass is 10.1. The molecule has 0 atom stereocenters. The molecule has 20 heavy (non-hydrogen) atoms. The first kappa shape index (κ1) is 16.5. The third-order valence-electron chi connectivity index (χ3n) is 2.82. The van der Waals surface area contributed by atoms with E-state index in [-0.39, 0.29) is 6.03 Å². The van der Waals surface area contributed by atoms with Crippen LogP contribution in [0.5, 0.6) is 0 Å². The minimum atomic E-state index is -0.224. The molecule has 1 rings (SSSR count). The van der Waals surface area contributed by atoms with E-state index >= 15 is 0 Å². The van der Waals surface area contributed by atoms with Gasteiger partial charge in [0.1, 0.15) is 0 Å². The molecular formula is C15H25N3O2. The minimum absolute atomic E-state index is 0.224. The smallest absolute Gasteiger partial charge is 0.319 e. The number of rotatable bonds is 8. The zero-order valence-electron chi connectivity index (χ0n) is 12.3. The Kier molecular flexibility index (Phi) is 7.69. The SMILES string of the molecule is CC(C)CCOCCNC(=O)Nc1ccc(CN)cc1. The summed E-state index contributed by atoms with van der Waals surface area (Å²) in [4.78, 5) is 11.6. The number of carbonyl (C=O) groups excluding carboxylic acids is 1. The topological polar surface area (TPSA) is 76.4 Å². The molecule has 1 aromatic carbocycles. The van der Waals surface area contributed by atoms with E-state index in [2.05, 4.69) is 24.5 Å². The van der Waals surface area contributed by atoms with Crippen molar-refractivity contribution in [1.29, 1.82) is 0 Å². The normalized spacial score (nSPS) is 10.6. The maximum absolute atomic E-state index is 11.6. The van der Waals surface area contributed by atoms with E-state index in [1.165, 1.54) is 0 Å². The van der Waals surface area contributed by atoms with E-state index < -0.39 is 0 Å². The van der Waals surface area contributed by atoms with Gasteiger partial charge in [0.25, 0.3) is 0 Å². The van der Waals surface area contributed by atoms with Crippen LogP contribution in [0.15, 0.2) is 24.3 Å². The molecule has 0 radical (unpaired) electrons. The fraction of sp³-hybridized carbons (Fsp3) is 0.533. The molecule has 0 fully saturated rings. The van der Waals surface area contributed by atoms with Gasteiger partial charge < -0.3 is 21.1 Å². The van der Waals surface area contributed by atoms with Crippen LogP contribution < -0.4 is 16.4 Å². The highest BCUT2D eigenvalue weighted by molar-refractivity contribution is 5.89. The van der Waals surface area contributed by atoms with Crippen molar-refractivity contribution in [3.05, 3.63) is 29.8 Å². The zero-order chi connectivity index (χ0) is 14.8. The Hall–Kier alpha value is -1.59. The Morgan fingerprint density at radius 2 is 1.95 bits per heavy atom. The number of nitrogens with one attached hydrogen (secondary N) is 2. The van der Waals surface area contributed by atoms with E-state index in [1.807, 2.05) is 24.3 Å². The van der Waals surface area contributed by atoms with Crippen LogP contribution in [0.2, 0.25) is 0 Å². The number of anilines is 1. The van der Waals surface area contributed by atoms with E-state index in [9.17, 15) is 4.79 Å². The summed E-state index contributed by atoms with van der Waals surface area (Å²) in [6, 6.07) is 7.23. The highest BCUT2D eigenvalue weighted by atomic mass is 16.5. The lowest BCUT2D eigenvalue weighted by molar-refractivity contribution is 0.126. The van der Waals surface area contributed by atoms with Gasteiger partial charge in [-0.1, -0.05) is 26.0 Å². The van der Waals surface area contributed by atoms with Gasteiger partial charge in [-0.25, -0.2) is 4.79 Å². The molecule has 0 aliphatic rings. The van der Waals surface area contributed by atoms with Gasteiger partial charge in [-0.2, -0.15) is 0 Å². The molecule has 0 bridgehead atoms. The summed E-state index contributed by atoms with van der Waals surface area (Å²) in [5.41, 5.74) is 7.30. The third-order valence-corrected chi connectivity index (χ3v) is 2.82. The first-order valence-corrected chi connectivity index (χ1v) is 7.03. The van der Waals surface area contributed by atoms with Crippen LogP contribution in [0.3, 0.4) is 0 Å². The summed E-state index contributed by atoms with van der Waals surface area (Å²) in [6.45, 7) is 6.59. The molecule has 4 N–H and O–H groups in total. The zero-order valence-corrected chi connectivity index (χ0v) is 12.3. The molecular weight excluding hydrogens is 254 g/mol. The largest absolute Gasteiger partial charge is 0.380 e. The number of ether oxygens (including phenoxy) is 1. The predicted molar refractivity (Wildman–Crippen MR) is 81.6 cm³/mol. The van der Waals surface area contributed by atoms with Crippen molar-refractivity contribution in [1.82, 2.24) is 5.32 Å². The molecule has 112 valence electrons. The van der Waals surface area contributed by atoms with Crippen molar-refractivity contribution in [3.63, 3.8) is 0 Å². The summed E-state index contributed by atoms with van der Waals surface area (Å²) in [6.07, 6.45) is 1.04. The van der Waals surface area contributed by atoms with E-state index in [4.69, 9.17) is 10.5 Å². The Balaban J connectivity index is 2.13. The Labute approximate surface area is 120 Å². The van der Waals surface area contributed by atoms with Crippen LogP contribution in [-0.4, -0.2) is 25.8 Å². The van der Waals surface area contributed by atoms with E-state index in [1.54, 1.807) is 0 Å². The first-order valence-electron chi connectivity index (χ1n) is 7.03. The fourth-order valence-corrected chi connectivity index (χ4v) is 1.56. The second-order valence-electron chi connectivity index (χ2n) is 5.08. The molecule has 5 nitrogen and oxygen atoms in total. The third kappa shape index (κ3) is 7.11. The lowest BCUT2D eigenvalue weighted by Crippen LogP contribution is -2.31. The molecule has 0 heterocycles. The quantitative estimate of drug-likeness (QED) is 0.639. The second kappa shape index (κ2) is 9.34. The molecule has 0 unspecified atom stereocenters. The van der Waals surface area contributed by atoms with Crippen LogP contribution in [0, 0.1) is 5.92 Å².